The second-order valence-electron chi connectivity index (χ2n) is 7.16. The van der Waals surface area contributed by atoms with Crippen molar-refractivity contribution < 1.29 is 9.59 Å². The van der Waals surface area contributed by atoms with Gasteiger partial charge in [0.1, 0.15) is 0 Å². The lowest BCUT2D eigenvalue weighted by molar-refractivity contribution is 0.0697. The van der Waals surface area contributed by atoms with Gasteiger partial charge in [-0.1, -0.05) is 43.3 Å². The molecule has 0 aromatic heterocycles. The molecule has 1 N–H and O–H groups in total. The maximum absolute atomic E-state index is 12.7. The highest BCUT2D eigenvalue weighted by Crippen LogP contribution is 2.19. The molecule has 2 aromatic carbocycles. The zero-order valence-electron chi connectivity index (χ0n) is 15.4. The summed E-state index contributed by atoms with van der Waals surface area (Å²) in [6.07, 6.45) is 2.08. The number of rotatable bonds is 4. The molecule has 0 saturated carbocycles. The number of amides is 2. The zero-order chi connectivity index (χ0) is 18.5. The maximum Gasteiger partial charge on any atom is 0.253 e. The van der Waals surface area contributed by atoms with Crippen molar-refractivity contribution in [2.75, 3.05) is 13.1 Å². The smallest absolute Gasteiger partial charge is 0.253 e. The molecule has 136 valence electrons. The summed E-state index contributed by atoms with van der Waals surface area (Å²) in [7, 11) is 0. The van der Waals surface area contributed by atoms with E-state index in [1.807, 2.05) is 42.2 Å². The van der Waals surface area contributed by atoms with Crippen molar-refractivity contribution in [2.24, 2.45) is 5.92 Å². The van der Waals surface area contributed by atoms with Crippen LogP contribution in [0.25, 0.3) is 0 Å². The minimum absolute atomic E-state index is 0.0163. The third-order valence-corrected chi connectivity index (χ3v) is 5.09. The van der Waals surface area contributed by atoms with Crippen molar-refractivity contribution in [1.29, 1.82) is 0 Å². The molecule has 2 amide bonds. The first-order valence-corrected chi connectivity index (χ1v) is 9.29. The first kappa shape index (κ1) is 18.2. The van der Waals surface area contributed by atoms with Crippen LogP contribution >= 0.6 is 0 Å². The first-order valence-electron chi connectivity index (χ1n) is 9.29. The van der Waals surface area contributed by atoms with Gasteiger partial charge in [-0.3, -0.25) is 9.59 Å². The van der Waals surface area contributed by atoms with E-state index in [0.717, 1.165) is 31.5 Å². The highest BCUT2D eigenvalue weighted by molar-refractivity contribution is 5.99. The zero-order valence-corrected chi connectivity index (χ0v) is 15.4. The predicted octanol–water partition coefficient (Wildman–Crippen LogP) is 4.05. The summed E-state index contributed by atoms with van der Waals surface area (Å²) in [5, 5.41) is 3.00. The Bertz CT molecular complexity index is 765. The Kier molecular flexibility index (Phi) is 5.71. The van der Waals surface area contributed by atoms with Gasteiger partial charge < -0.3 is 10.2 Å². The molecule has 0 bridgehead atoms. The van der Waals surface area contributed by atoms with E-state index in [0.29, 0.717) is 17.0 Å². The molecule has 4 nitrogen and oxygen atoms in total. The van der Waals surface area contributed by atoms with Crippen molar-refractivity contribution in [3.63, 3.8) is 0 Å². The SMILES string of the molecule is CC1CCN(C(=O)c2cccc(C(=O)NC(C)c3ccccc3)c2)CC1. The van der Waals surface area contributed by atoms with Crippen LogP contribution in [0.15, 0.2) is 54.6 Å². The Morgan fingerprint density at radius 1 is 1.00 bits per heavy atom. The molecule has 1 aliphatic rings. The molecule has 0 spiro atoms. The molecule has 26 heavy (non-hydrogen) atoms. The summed E-state index contributed by atoms with van der Waals surface area (Å²) >= 11 is 0. The summed E-state index contributed by atoms with van der Waals surface area (Å²) < 4.78 is 0. The van der Waals surface area contributed by atoms with Crippen LogP contribution in [-0.2, 0) is 0 Å². The largest absolute Gasteiger partial charge is 0.346 e. The van der Waals surface area contributed by atoms with Crippen LogP contribution in [-0.4, -0.2) is 29.8 Å². The van der Waals surface area contributed by atoms with Gasteiger partial charge in [-0.15, -0.1) is 0 Å². The van der Waals surface area contributed by atoms with Crippen LogP contribution < -0.4 is 5.32 Å². The van der Waals surface area contributed by atoms with E-state index in [4.69, 9.17) is 0 Å². The number of hydrogen-bond acceptors (Lipinski definition) is 2. The molecule has 1 heterocycles. The third kappa shape index (κ3) is 4.31. The van der Waals surface area contributed by atoms with Crippen LogP contribution in [0.1, 0.15) is 59.0 Å². The number of benzene rings is 2. The highest BCUT2D eigenvalue weighted by Gasteiger charge is 2.22. The van der Waals surface area contributed by atoms with E-state index in [1.165, 1.54) is 0 Å². The van der Waals surface area contributed by atoms with Crippen molar-refractivity contribution in [2.45, 2.75) is 32.7 Å². The van der Waals surface area contributed by atoms with Crippen LogP contribution in [0.2, 0.25) is 0 Å². The van der Waals surface area contributed by atoms with Crippen molar-refractivity contribution in [3.8, 4) is 0 Å². The number of carbonyl (C=O) groups excluding carboxylic acids is 2. The molecular weight excluding hydrogens is 324 g/mol. The van der Waals surface area contributed by atoms with E-state index in [1.54, 1.807) is 24.3 Å². The van der Waals surface area contributed by atoms with Crippen LogP contribution in [0.3, 0.4) is 0 Å². The van der Waals surface area contributed by atoms with Crippen LogP contribution in [0, 0.1) is 5.92 Å². The topological polar surface area (TPSA) is 49.4 Å². The summed E-state index contributed by atoms with van der Waals surface area (Å²) in [5.74, 6) is 0.529. The fourth-order valence-corrected chi connectivity index (χ4v) is 3.29. The van der Waals surface area contributed by atoms with E-state index in [-0.39, 0.29) is 17.9 Å². The van der Waals surface area contributed by atoms with Gasteiger partial charge in [0.15, 0.2) is 0 Å². The summed E-state index contributed by atoms with van der Waals surface area (Å²) in [6.45, 7) is 5.76. The molecule has 1 atom stereocenters. The molecule has 0 radical (unpaired) electrons. The Hall–Kier alpha value is -2.62. The van der Waals surface area contributed by atoms with E-state index in [9.17, 15) is 9.59 Å². The minimum atomic E-state index is -0.164. The second-order valence-corrected chi connectivity index (χ2v) is 7.16. The average molecular weight is 350 g/mol. The van der Waals surface area contributed by atoms with Gasteiger partial charge in [-0.2, -0.15) is 0 Å². The fraction of sp³-hybridized carbons (Fsp3) is 0.364. The van der Waals surface area contributed by atoms with Gasteiger partial charge in [0.05, 0.1) is 6.04 Å². The molecule has 4 heteroatoms. The van der Waals surface area contributed by atoms with E-state index in [2.05, 4.69) is 12.2 Å². The molecule has 1 saturated heterocycles. The minimum Gasteiger partial charge on any atom is -0.346 e. The monoisotopic (exact) mass is 350 g/mol. The standard InChI is InChI=1S/C22H26N2O2/c1-16-11-13-24(14-12-16)22(26)20-10-6-9-19(15-20)21(25)23-17(2)18-7-4-3-5-8-18/h3-10,15-17H,11-14H2,1-2H3,(H,23,25). The second kappa shape index (κ2) is 8.17. The van der Waals surface area contributed by atoms with Gasteiger partial charge in [-0.05, 0) is 49.4 Å². The quantitative estimate of drug-likeness (QED) is 0.904. The number of nitrogens with one attached hydrogen (secondary N) is 1. The molecule has 1 aliphatic heterocycles. The molecule has 3 rings (SSSR count). The summed E-state index contributed by atoms with van der Waals surface area (Å²) in [4.78, 5) is 27.2. The normalized spacial score (nSPS) is 16.2. The molecule has 1 unspecified atom stereocenters. The summed E-state index contributed by atoms with van der Waals surface area (Å²) in [5.41, 5.74) is 2.15. The average Bonchev–Trinajstić information content (AvgIpc) is 2.68. The number of piperidine rings is 1. The molecular formula is C22H26N2O2. The van der Waals surface area contributed by atoms with Gasteiger partial charge in [0.25, 0.3) is 11.8 Å². The van der Waals surface area contributed by atoms with Crippen molar-refractivity contribution in [3.05, 3.63) is 71.3 Å². The van der Waals surface area contributed by atoms with Gasteiger partial charge in [0.2, 0.25) is 0 Å². The lowest BCUT2D eigenvalue weighted by atomic mass is 9.98. The van der Waals surface area contributed by atoms with Gasteiger partial charge in [0, 0.05) is 24.2 Å². The van der Waals surface area contributed by atoms with Crippen molar-refractivity contribution in [1.82, 2.24) is 10.2 Å². The third-order valence-electron chi connectivity index (χ3n) is 5.09. The predicted molar refractivity (Wildman–Crippen MR) is 103 cm³/mol. The number of carbonyl (C=O) groups is 2. The molecule has 0 aliphatic carbocycles. The highest BCUT2D eigenvalue weighted by atomic mass is 16.2. The van der Waals surface area contributed by atoms with E-state index >= 15 is 0 Å². The lowest BCUT2D eigenvalue weighted by Crippen LogP contribution is -2.38. The Morgan fingerprint density at radius 2 is 1.65 bits per heavy atom. The lowest BCUT2D eigenvalue weighted by Gasteiger charge is -2.30. The number of likely N-dealkylation sites (tertiary alicyclic amines) is 1. The molecule has 2 aromatic rings. The first-order chi connectivity index (χ1) is 12.5. The van der Waals surface area contributed by atoms with Crippen LogP contribution in [0.4, 0.5) is 0 Å². The fourth-order valence-electron chi connectivity index (χ4n) is 3.29. The van der Waals surface area contributed by atoms with Gasteiger partial charge >= 0.3 is 0 Å². The van der Waals surface area contributed by atoms with Gasteiger partial charge in [-0.25, -0.2) is 0 Å². The Morgan fingerprint density at radius 3 is 2.35 bits per heavy atom. The Labute approximate surface area is 155 Å². The van der Waals surface area contributed by atoms with E-state index < -0.39 is 0 Å². The molecule has 1 fully saturated rings. The summed E-state index contributed by atoms with van der Waals surface area (Å²) in [6, 6.07) is 16.8. The van der Waals surface area contributed by atoms with Crippen molar-refractivity contribution >= 4 is 11.8 Å². The Balaban J connectivity index is 1.68. The van der Waals surface area contributed by atoms with Crippen LogP contribution in [0.5, 0.6) is 0 Å². The number of hydrogen-bond donors (Lipinski definition) is 1. The maximum atomic E-state index is 12.7. The number of nitrogens with zero attached hydrogens (tertiary/aromatic N) is 1.